The quantitative estimate of drug-likeness (QED) is 0.430. The molecular weight excluding hydrogens is 478 g/mol. The second-order valence-electron chi connectivity index (χ2n) is 10.2. The van der Waals surface area contributed by atoms with Gasteiger partial charge < -0.3 is 15.7 Å². The number of rotatable bonds is 8. The lowest BCUT2D eigenvalue weighted by molar-refractivity contribution is 0.0760. The zero-order valence-corrected chi connectivity index (χ0v) is 21.0. The first-order valence-electron chi connectivity index (χ1n) is 12.7. The van der Waals surface area contributed by atoms with Crippen LogP contribution in [0.25, 0.3) is 16.8 Å². The van der Waals surface area contributed by atoms with E-state index in [9.17, 15) is 18.7 Å². The lowest BCUT2D eigenvalue weighted by Crippen LogP contribution is -2.49. The smallest absolute Gasteiger partial charge is 0.254 e. The predicted octanol–water partition coefficient (Wildman–Crippen LogP) is 3.48. The molecule has 3 N–H and O–H groups in total. The Morgan fingerprint density at radius 1 is 1.19 bits per heavy atom. The average Bonchev–Trinajstić information content (AvgIpc) is 3.52. The molecule has 0 unspecified atom stereocenters. The van der Waals surface area contributed by atoms with E-state index in [2.05, 4.69) is 20.7 Å². The molecule has 0 spiro atoms. The maximum atomic E-state index is 14.8. The molecule has 8 nitrogen and oxygen atoms in total. The van der Waals surface area contributed by atoms with Crippen molar-refractivity contribution >= 4 is 11.6 Å². The van der Waals surface area contributed by atoms with E-state index < -0.39 is 24.0 Å². The van der Waals surface area contributed by atoms with Gasteiger partial charge in [-0.3, -0.25) is 14.7 Å². The molecule has 196 valence electrons. The fraction of sp³-hybridized carbons (Fsp3) is 0.444. The summed E-state index contributed by atoms with van der Waals surface area (Å²) >= 11 is 0. The first-order chi connectivity index (χ1) is 17.8. The van der Waals surface area contributed by atoms with E-state index >= 15 is 0 Å². The molecule has 2 fully saturated rings. The summed E-state index contributed by atoms with van der Waals surface area (Å²) in [5.41, 5.74) is 3.55. The van der Waals surface area contributed by atoms with Crippen molar-refractivity contribution in [3.8, 4) is 16.8 Å². The Balaban J connectivity index is 1.31. The Morgan fingerprint density at radius 2 is 2.00 bits per heavy atom. The van der Waals surface area contributed by atoms with Crippen molar-refractivity contribution in [1.29, 1.82) is 0 Å². The zero-order valence-electron chi connectivity index (χ0n) is 21.0. The number of hydrogen-bond acceptors (Lipinski definition) is 6. The summed E-state index contributed by atoms with van der Waals surface area (Å²) in [6.07, 6.45) is 7.77. The highest BCUT2D eigenvalue weighted by atomic mass is 19.1. The van der Waals surface area contributed by atoms with E-state index in [1.807, 2.05) is 11.0 Å². The number of aliphatic hydroxyl groups is 1. The van der Waals surface area contributed by atoms with Crippen molar-refractivity contribution in [2.75, 3.05) is 25.0 Å². The summed E-state index contributed by atoms with van der Waals surface area (Å²) < 4.78 is 31.0. The van der Waals surface area contributed by atoms with Crippen LogP contribution >= 0.6 is 0 Å². The Morgan fingerprint density at radius 3 is 2.73 bits per heavy atom. The Hall–Kier alpha value is -3.37. The van der Waals surface area contributed by atoms with Crippen LogP contribution in [0.3, 0.4) is 0 Å². The number of hydrogen-bond donors (Lipinski definition) is 3. The molecule has 1 aliphatic carbocycles. The highest BCUT2D eigenvalue weighted by Gasteiger charge is 2.30. The minimum atomic E-state index is -1.06. The minimum absolute atomic E-state index is 0.00214. The summed E-state index contributed by atoms with van der Waals surface area (Å²) in [5.74, 6) is -0.975. The summed E-state index contributed by atoms with van der Waals surface area (Å²) in [6, 6.07) is 4.57. The molecular formula is C27H32F2N6O2. The maximum Gasteiger partial charge on any atom is 0.254 e. The lowest BCUT2D eigenvalue weighted by Gasteiger charge is -2.36. The van der Waals surface area contributed by atoms with Crippen LogP contribution in [0.15, 0.2) is 43.0 Å². The molecule has 3 heterocycles. The number of likely N-dealkylation sites (tertiary alicyclic amines) is 1. The molecule has 1 aliphatic heterocycles. The zero-order chi connectivity index (χ0) is 26.1. The Bertz CT molecular complexity index is 1280. The van der Waals surface area contributed by atoms with Crippen molar-refractivity contribution in [2.24, 2.45) is 0 Å². The number of aliphatic hydroxyl groups excluding tert-OH is 1. The third-order valence-electron chi connectivity index (χ3n) is 6.84. The van der Waals surface area contributed by atoms with Gasteiger partial charge in [0.05, 0.1) is 35.3 Å². The molecule has 1 amide bonds. The van der Waals surface area contributed by atoms with Gasteiger partial charge in [0.15, 0.2) is 0 Å². The number of carbonyl (C=O) groups excluding carboxylic acids is 1. The van der Waals surface area contributed by atoms with Crippen LogP contribution in [0.1, 0.15) is 42.1 Å². The predicted molar refractivity (Wildman–Crippen MR) is 137 cm³/mol. The summed E-state index contributed by atoms with van der Waals surface area (Å²) in [5, 5.41) is 20.1. The van der Waals surface area contributed by atoms with Crippen LogP contribution in [-0.4, -0.2) is 74.7 Å². The molecule has 5 rings (SSSR count). The number of benzene rings is 1. The minimum Gasteiger partial charge on any atom is -0.392 e. The number of piperidine rings is 1. The first kappa shape index (κ1) is 25.3. The van der Waals surface area contributed by atoms with Crippen LogP contribution < -0.4 is 10.6 Å². The lowest BCUT2D eigenvalue weighted by atomic mass is 10.0. The Kier molecular flexibility index (Phi) is 7.21. The first-order valence-corrected chi connectivity index (χ1v) is 12.7. The molecule has 1 aromatic carbocycles. The van der Waals surface area contributed by atoms with E-state index in [-0.39, 0.29) is 24.2 Å². The van der Waals surface area contributed by atoms with Gasteiger partial charge >= 0.3 is 0 Å². The summed E-state index contributed by atoms with van der Waals surface area (Å²) in [4.78, 5) is 18.7. The number of β-amino-alcohol motifs (C(OH)–C–C–N with tert-alkyl or cyclic N) is 1. The third-order valence-corrected chi connectivity index (χ3v) is 6.84. The van der Waals surface area contributed by atoms with Gasteiger partial charge in [-0.25, -0.2) is 13.5 Å². The summed E-state index contributed by atoms with van der Waals surface area (Å²) in [7, 11) is 0. The number of halogens is 2. The van der Waals surface area contributed by atoms with Crippen LogP contribution in [0.4, 0.5) is 14.5 Å². The number of anilines is 1. The van der Waals surface area contributed by atoms with E-state index in [1.165, 1.54) is 12.1 Å². The normalized spacial score (nSPS) is 21.0. The molecule has 3 atom stereocenters. The van der Waals surface area contributed by atoms with Gasteiger partial charge in [-0.15, -0.1) is 0 Å². The average molecular weight is 511 g/mol. The molecule has 3 aromatic rings. The highest BCUT2D eigenvalue weighted by Crippen LogP contribution is 2.27. The summed E-state index contributed by atoms with van der Waals surface area (Å²) in [6.45, 7) is 4.93. The van der Waals surface area contributed by atoms with Crippen LogP contribution in [0, 0.1) is 12.7 Å². The van der Waals surface area contributed by atoms with Gasteiger partial charge in [0, 0.05) is 55.4 Å². The number of aromatic nitrogens is 3. The van der Waals surface area contributed by atoms with Crippen molar-refractivity contribution in [2.45, 2.75) is 57.5 Å². The van der Waals surface area contributed by atoms with Crippen LogP contribution in [0.5, 0.6) is 0 Å². The number of amides is 1. The highest BCUT2D eigenvalue weighted by molar-refractivity contribution is 5.95. The fourth-order valence-corrected chi connectivity index (χ4v) is 4.74. The van der Waals surface area contributed by atoms with Gasteiger partial charge in [0.1, 0.15) is 12.0 Å². The van der Waals surface area contributed by atoms with Crippen LogP contribution in [0.2, 0.25) is 0 Å². The van der Waals surface area contributed by atoms with Crippen LogP contribution in [-0.2, 0) is 0 Å². The molecule has 0 radical (unpaired) electrons. The topological polar surface area (TPSA) is 95.3 Å². The molecule has 0 bridgehead atoms. The van der Waals surface area contributed by atoms with Gasteiger partial charge in [-0.2, -0.15) is 5.10 Å². The molecule has 10 heteroatoms. The van der Waals surface area contributed by atoms with Gasteiger partial charge in [-0.05, 0) is 56.9 Å². The molecule has 2 aliphatic rings. The number of carbonyl (C=O) groups is 1. The third kappa shape index (κ3) is 5.97. The monoisotopic (exact) mass is 510 g/mol. The van der Waals surface area contributed by atoms with Crippen molar-refractivity contribution in [3.63, 3.8) is 0 Å². The van der Waals surface area contributed by atoms with E-state index in [1.54, 1.807) is 43.3 Å². The van der Waals surface area contributed by atoms with E-state index in [0.29, 0.717) is 36.4 Å². The molecule has 1 saturated carbocycles. The van der Waals surface area contributed by atoms with Gasteiger partial charge in [0.2, 0.25) is 0 Å². The number of pyridine rings is 1. The molecule has 1 saturated heterocycles. The Labute approximate surface area is 214 Å². The number of nitrogens with one attached hydrogen (secondary N) is 2. The SMILES string of the molecule is Cc1cc(F)c(C(=O)NC2CC2)cc1-n1cc(-c2cncc(N[C@H]3CCN(C[C@H](C)O)C[C@H]3F)c2)cn1. The van der Waals surface area contributed by atoms with Gasteiger partial charge in [-0.1, -0.05) is 0 Å². The second-order valence-corrected chi connectivity index (χ2v) is 10.2. The number of alkyl halides is 1. The standard InChI is InChI=1S/C27H32F2N6O2/c1-16-7-23(28)22(27(37)33-20-3-4-20)9-26(16)35-14-19(11-31-35)18-8-21(12-30-10-18)32-25-5-6-34(13-17(2)36)15-24(25)29/h7-12,14,17,20,24-25,32,36H,3-6,13,15H2,1-2H3,(H,33,37)/t17-,24+,25-/m0/s1. The van der Waals surface area contributed by atoms with Crippen molar-refractivity contribution in [1.82, 2.24) is 25.0 Å². The second kappa shape index (κ2) is 10.5. The molecule has 2 aromatic heterocycles. The molecule has 37 heavy (non-hydrogen) atoms. The van der Waals surface area contributed by atoms with E-state index in [4.69, 9.17) is 0 Å². The number of nitrogens with zero attached hydrogens (tertiary/aromatic N) is 4. The largest absolute Gasteiger partial charge is 0.392 e. The van der Waals surface area contributed by atoms with Crippen molar-refractivity contribution in [3.05, 3.63) is 59.9 Å². The fourth-order valence-electron chi connectivity index (χ4n) is 4.74. The van der Waals surface area contributed by atoms with Crippen molar-refractivity contribution < 1.29 is 18.7 Å². The van der Waals surface area contributed by atoms with E-state index in [0.717, 1.165) is 24.0 Å². The van der Waals surface area contributed by atoms with Gasteiger partial charge in [0.25, 0.3) is 5.91 Å². The number of aryl methyl sites for hydroxylation is 1. The maximum absolute atomic E-state index is 14.8.